The van der Waals surface area contributed by atoms with Crippen LogP contribution in [0.3, 0.4) is 0 Å². The number of para-hydroxylation sites is 1. The maximum absolute atomic E-state index is 13.2. The minimum absolute atomic E-state index is 0.0399. The predicted octanol–water partition coefficient (Wildman–Crippen LogP) is -0.0720. The molecule has 10 heteroatoms. The van der Waals surface area contributed by atoms with Gasteiger partial charge in [-0.05, 0) is 6.07 Å². The van der Waals surface area contributed by atoms with Gasteiger partial charge in [-0.3, -0.25) is 24.1 Å². The first-order valence-corrected chi connectivity index (χ1v) is 10.0. The van der Waals surface area contributed by atoms with E-state index in [-0.39, 0.29) is 27.3 Å². The van der Waals surface area contributed by atoms with Crippen molar-refractivity contribution in [2.24, 2.45) is 5.73 Å². The average Bonchev–Trinajstić information content (AvgIpc) is 3.21. The second-order valence-electron chi connectivity index (χ2n) is 6.81. The average molecular weight is 431 g/mol. The van der Waals surface area contributed by atoms with E-state index < -0.39 is 22.9 Å². The number of thiazole rings is 1. The van der Waals surface area contributed by atoms with E-state index in [1.165, 1.54) is 4.90 Å². The molecule has 4 aromatic rings. The number of aromatic nitrogens is 3. The summed E-state index contributed by atoms with van der Waals surface area (Å²) in [7, 11) is 0. The predicted molar refractivity (Wildman–Crippen MR) is 115 cm³/mol. The zero-order chi connectivity index (χ0) is 21.7. The van der Waals surface area contributed by atoms with Crippen LogP contribution in [0.4, 0.5) is 5.69 Å². The Kier molecular flexibility index (Phi) is 4.22. The van der Waals surface area contributed by atoms with Gasteiger partial charge in [0.1, 0.15) is 11.1 Å². The number of amides is 2. The standard InChI is InChI=1S/C21H13N5O4S/c22-14(27)10-25-13-9-5-4-8-12(13)15(19(25)29)17-20(30)26-21(31-17)23-18(28)16(24-26)11-6-2-1-3-7-11/h1-9H,10H2,(H2,22,27). The minimum atomic E-state index is -0.677. The van der Waals surface area contributed by atoms with Gasteiger partial charge >= 0.3 is 5.56 Å². The first kappa shape index (κ1) is 18.8. The van der Waals surface area contributed by atoms with E-state index in [2.05, 4.69) is 10.1 Å². The third-order valence-electron chi connectivity index (χ3n) is 4.87. The zero-order valence-electron chi connectivity index (χ0n) is 15.8. The van der Waals surface area contributed by atoms with Crippen molar-refractivity contribution in [2.45, 2.75) is 0 Å². The van der Waals surface area contributed by atoms with E-state index in [9.17, 15) is 19.2 Å². The van der Waals surface area contributed by atoms with Crippen molar-refractivity contribution < 1.29 is 9.59 Å². The van der Waals surface area contributed by atoms with Crippen molar-refractivity contribution in [3.8, 4) is 11.3 Å². The summed E-state index contributed by atoms with van der Waals surface area (Å²) in [6, 6.07) is 15.5. The van der Waals surface area contributed by atoms with Crippen molar-refractivity contribution in [1.29, 1.82) is 0 Å². The van der Waals surface area contributed by atoms with Crippen LogP contribution < -0.4 is 26.3 Å². The summed E-state index contributed by atoms with van der Waals surface area (Å²) in [5.74, 6) is -1.20. The van der Waals surface area contributed by atoms with E-state index in [4.69, 9.17) is 5.73 Å². The van der Waals surface area contributed by atoms with Gasteiger partial charge in [-0.2, -0.15) is 14.6 Å². The lowest BCUT2D eigenvalue weighted by molar-refractivity contribution is -0.119. The van der Waals surface area contributed by atoms with Gasteiger partial charge in [0.05, 0.1) is 11.3 Å². The molecule has 1 aliphatic heterocycles. The van der Waals surface area contributed by atoms with Crippen molar-refractivity contribution in [1.82, 2.24) is 14.6 Å². The molecular weight excluding hydrogens is 418 g/mol. The Morgan fingerprint density at radius 3 is 2.45 bits per heavy atom. The van der Waals surface area contributed by atoms with Crippen LogP contribution in [0.2, 0.25) is 0 Å². The molecule has 1 aliphatic rings. The molecular formula is C21H13N5O4S. The van der Waals surface area contributed by atoms with Crippen LogP contribution in [-0.2, 0) is 9.59 Å². The van der Waals surface area contributed by atoms with E-state index in [0.29, 0.717) is 16.8 Å². The van der Waals surface area contributed by atoms with Crippen molar-refractivity contribution in [3.63, 3.8) is 0 Å². The van der Waals surface area contributed by atoms with Gasteiger partial charge in [-0.25, -0.2) is 0 Å². The highest BCUT2D eigenvalue weighted by Crippen LogP contribution is 2.34. The fourth-order valence-corrected chi connectivity index (χ4v) is 4.54. The van der Waals surface area contributed by atoms with Gasteiger partial charge in [0, 0.05) is 11.1 Å². The lowest BCUT2D eigenvalue weighted by Crippen LogP contribution is -2.37. The Hall–Kier alpha value is -4.18. The Balaban J connectivity index is 1.80. The second kappa shape index (κ2) is 6.96. The van der Waals surface area contributed by atoms with E-state index >= 15 is 0 Å². The molecule has 0 bridgehead atoms. The molecule has 3 heterocycles. The molecule has 0 spiro atoms. The van der Waals surface area contributed by atoms with Crippen LogP contribution in [0.5, 0.6) is 0 Å². The fraction of sp³-hybridized carbons (Fsp3) is 0.0476. The smallest absolute Gasteiger partial charge is 0.300 e. The van der Waals surface area contributed by atoms with Crippen LogP contribution in [0.1, 0.15) is 5.56 Å². The summed E-state index contributed by atoms with van der Waals surface area (Å²) in [6.07, 6.45) is 0. The first-order valence-electron chi connectivity index (χ1n) is 9.19. The van der Waals surface area contributed by atoms with Crippen LogP contribution in [0, 0.1) is 0 Å². The van der Waals surface area contributed by atoms with Gasteiger partial charge in [0.15, 0.2) is 5.69 Å². The highest BCUT2D eigenvalue weighted by molar-refractivity contribution is 7.15. The largest absolute Gasteiger partial charge is 0.368 e. The monoisotopic (exact) mass is 431 g/mol. The molecule has 152 valence electrons. The van der Waals surface area contributed by atoms with Crippen LogP contribution >= 0.6 is 11.3 Å². The maximum Gasteiger partial charge on any atom is 0.300 e. The van der Waals surface area contributed by atoms with E-state index in [1.54, 1.807) is 54.6 Å². The number of benzene rings is 2. The lowest BCUT2D eigenvalue weighted by Gasteiger charge is -2.14. The minimum Gasteiger partial charge on any atom is -0.368 e. The van der Waals surface area contributed by atoms with Crippen LogP contribution in [-0.4, -0.2) is 33.0 Å². The third kappa shape index (κ3) is 2.92. The Morgan fingerprint density at radius 1 is 1.00 bits per heavy atom. The lowest BCUT2D eigenvalue weighted by atomic mass is 10.1. The molecule has 0 saturated carbocycles. The van der Waals surface area contributed by atoms with Gasteiger partial charge in [0.2, 0.25) is 10.9 Å². The molecule has 0 radical (unpaired) electrons. The highest BCUT2D eigenvalue weighted by Gasteiger charge is 2.34. The molecule has 0 saturated heterocycles. The summed E-state index contributed by atoms with van der Waals surface area (Å²) in [6.45, 7) is -0.315. The number of nitrogens with zero attached hydrogens (tertiary/aromatic N) is 4. The normalized spacial score (nSPS) is 14.8. The number of hydrogen-bond acceptors (Lipinski definition) is 7. The van der Waals surface area contributed by atoms with E-state index in [1.807, 2.05) is 0 Å². The molecule has 9 nitrogen and oxygen atoms in total. The summed E-state index contributed by atoms with van der Waals surface area (Å²) in [4.78, 5) is 55.6. The number of carbonyl (C=O) groups is 2. The molecule has 0 aliphatic carbocycles. The van der Waals surface area contributed by atoms with Crippen LogP contribution in [0.15, 0.2) is 64.2 Å². The van der Waals surface area contributed by atoms with Crippen molar-refractivity contribution in [3.05, 3.63) is 85.4 Å². The molecule has 31 heavy (non-hydrogen) atoms. The van der Waals surface area contributed by atoms with Gasteiger partial charge < -0.3 is 5.73 Å². The Labute approximate surface area is 177 Å². The van der Waals surface area contributed by atoms with Crippen molar-refractivity contribution in [2.75, 3.05) is 11.4 Å². The highest BCUT2D eigenvalue weighted by atomic mass is 32.1. The molecule has 0 unspecified atom stereocenters. The molecule has 2 N–H and O–H groups in total. The summed E-state index contributed by atoms with van der Waals surface area (Å²) >= 11 is 0.904. The van der Waals surface area contributed by atoms with Crippen LogP contribution in [0.25, 0.3) is 21.8 Å². The molecule has 2 aromatic heterocycles. The van der Waals surface area contributed by atoms with Crippen molar-refractivity contribution >= 4 is 39.4 Å². The summed E-state index contributed by atoms with van der Waals surface area (Å²) in [5, 5.41) is 4.21. The molecule has 0 fully saturated rings. The quantitative estimate of drug-likeness (QED) is 0.484. The zero-order valence-corrected chi connectivity index (χ0v) is 16.6. The number of primary amides is 1. The Morgan fingerprint density at radius 2 is 1.71 bits per heavy atom. The fourth-order valence-electron chi connectivity index (χ4n) is 3.55. The number of anilines is 1. The third-order valence-corrected chi connectivity index (χ3v) is 5.90. The number of rotatable bonds is 3. The number of carbonyl (C=O) groups excluding carboxylic acids is 2. The molecule has 5 rings (SSSR count). The van der Waals surface area contributed by atoms with Gasteiger partial charge in [0.25, 0.3) is 11.5 Å². The number of nitrogens with two attached hydrogens (primary N) is 1. The first-order chi connectivity index (χ1) is 15.0. The number of fused-ring (bicyclic) bond motifs is 2. The SMILES string of the molecule is NC(=O)CN1C(=O)C(=c2sc3nc(=O)c(-c4ccccc4)nn3c2=O)c2ccccc21. The maximum atomic E-state index is 13.2. The van der Waals surface area contributed by atoms with E-state index in [0.717, 1.165) is 15.9 Å². The number of hydrogen-bond donors (Lipinski definition) is 1. The molecule has 0 atom stereocenters. The summed E-state index contributed by atoms with van der Waals surface area (Å²) in [5.41, 5.74) is 5.85. The molecule has 2 amide bonds. The molecule has 2 aromatic carbocycles. The second-order valence-corrected chi connectivity index (χ2v) is 7.79. The summed E-state index contributed by atoms with van der Waals surface area (Å²) < 4.78 is 1.12. The topological polar surface area (TPSA) is 128 Å². The van der Waals surface area contributed by atoms with Gasteiger partial charge in [-0.1, -0.05) is 59.9 Å². The Bertz CT molecular complexity index is 1560. The van der Waals surface area contributed by atoms with Gasteiger partial charge in [-0.15, -0.1) is 0 Å².